The Bertz CT molecular complexity index is 733. The number of aliphatic imine (C=N–C) groups is 1. The van der Waals surface area contributed by atoms with Crippen LogP contribution in [0.5, 0.6) is 5.75 Å². The van der Waals surface area contributed by atoms with Crippen molar-refractivity contribution >= 4 is 5.96 Å². The van der Waals surface area contributed by atoms with Crippen LogP contribution in [0.4, 0.5) is 0 Å². The van der Waals surface area contributed by atoms with E-state index in [9.17, 15) is 0 Å². The van der Waals surface area contributed by atoms with E-state index in [1.54, 1.807) is 18.8 Å². The second-order valence-electron chi connectivity index (χ2n) is 6.86. The van der Waals surface area contributed by atoms with Crippen molar-refractivity contribution in [3.05, 3.63) is 47.8 Å². The summed E-state index contributed by atoms with van der Waals surface area (Å²) in [6, 6.07) is 8.71. The lowest BCUT2D eigenvalue weighted by Crippen LogP contribution is -2.42. The number of nitrogens with one attached hydrogen (secondary N) is 2. The van der Waals surface area contributed by atoms with Crippen LogP contribution in [0.3, 0.4) is 0 Å². The number of rotatable bonds is 7. The van der Waals surface area contributed by atoms with Gasteiger partial charge in [0, 0.05) is 38.9 Å². The van der Waals surface area contributed by atoms with E-state index in [1.165, 1.54) is 18.4 Å². The highest BCUT2D eigenvalue weighted by molar-refractivity contribution is 5.79. The maximum absolute atomic E-state index is 5.30. The van der Waals surface area contributed by atoms with Crippen LogP contribution in [-0.4, -0.2) is 54.4 Å². The van der Waals surface area contributed by atoms with Crippen molar-refractivity contribution in [2.24, 2.45) is 12.0 Å². The summed E-state index contributed by atoms with van der Waals surface area (Å²) < 4.78 is 7.11. The minimum Gasteiger partial charge on any atom is -0.497 e. The van der Waals surface area contributed by atoms with Crippen LogP contribution in [0.15, 0.2) is 41.7 Å². The molecule has 0 radical (unpaired) electrons. The number of methoxy groups -OCH3 is 1. The van der Waals surface area contributed by atoms with E-state index in [-0.39, 0.29) is 0 Å². The Kier molecular flexibility index (Phi) is 6.70. The number of aryl methyl sites for hydroxylation is 1. The molecule has 0 spiro atoms. The van der Waals surface area contributed by atoms with E-state index in [0.29, 0.717) is 12.6 Å². The summed E-state index contributed by atoms with van der Waals surface area (Å²) in [6.07, 6.45) is 6.40. The van der Waals surface area contributed by atoms with E-state index in [0.717, 1.165) is 36.9 Å². The van der Waals surface area contributed by atoms with Gasteiger partial charge in [0.25, 0.3) is 0 Å². The van der Waals surface area contributed by atoms with Gasteiger partial charge in [0.2, 0.25) is 0 Å². The molecule has 7 heteroatoms. The predicted octanol–water partition coefficient (Wildman–Crippen LogP) is 1.93. The topological polar surface area (TPSA) is 66.7 Å². The smallest absolute Gasteiger partial charge is 0.191 e. The monoisotopic (exact) mass is 370 g/mol. The molecule has 0 saturated carbocycles. The van der Waals surface area contributed by atoms with Gasteiger partial charge in [-0.25, -0.2) is 0 Å². The maximum Gasteiger partial charge on any atom is 0.191 e. The Morgan fingerprint density at radius 3 is 2.56 bits per heavy atom. The molecule has 1 fully saturated rings. The van der Waals surface area contributed by atoms with Crippen LogP contribution in [0, 0.1) is 0 Å². The van der Waals surface area contributed by atoms with Crippen LogP contribution in [0.25, 0.3) is 0 Å². The van der Waals surface area contributed by atoms with Crippen LogP contribution in [-0.2, 0) is 13.6 Å². The fourth-order valence-corrected chi connectivity index (χ4v) is 3.50. The van der Waals surface area contributed by atoms with Crippen molar-refractivity contribution in [2.75, 3.05) is 33.8 Å². The van der Waals surface area contributed by atoms with Crippen molar-refractivity contribution in [2.45, 2.75) is 25.4 Å². The molecule has 0 aliphatic carbocycles. The molecule has 2 heterocycles. The second kappa shape index (κ2) is 9.41. The number of likely N-dealkylation sites (tertiary alicyclic amines) is 1. The fraction of sp³-hybridized carbons (Fsp3) is 0.500. The molecule has 3 rings (SSSR count). The van der Waals surface area contributed by atoms with Gasteiger partial charge in [-0.15, -0.1) is 0 Å². The van der Waals surface area contributed by atoms with Gasteiger partial charge in [0.15, 0.2) is 5.96 Å². The summed E-state index contributed by atoms with van der Waals surface area (Å²) in [4.78, 5) is 6.90. The molecule has 7 nitrogen and oxygen atoms in total. The molecule has 146 valence electrons. The van der Waals surface area contributed by atoms with Crippen molar-refractivity contribution in [3.63, 3.8) is 0 Å². The van der Waals surface area contributed by atoms with E-state index in [2.05, 4.69) is 37.8 Å². The van der Waals surface area contributed by atoms with Crippen LogP contribution in [0.2, 0.25) is 0 Å². The van der Waals surface area contributed by atoms with Gasteiger partial charge in [0.05, 0.1) is 19.3 Å². The molecule has 1 unspecified atom stereocenters. The average Bonchev–Trinajstić information content (AvgIpc) is 3.37. The highest BCUT2D eigenvalue weighted by Crippen LogP contribution is 2.26. The van der Waals surface area contributed by atoms with Crippen molar-refractivity contribution in [3.8, 4) is 5.75 Å². The summed E-state index contributed by atoms with van der Waals surface area (Å²) in [5.41, 5.74) is 2.43. The molecule has 1 saturated heterocycles. The Morgan fingerprint density at radius 1 is 1.22 bits per heavy atom. The summed E-state index contributed by atoms with van der Waals surface area (Å²) in [5, 5.41) is 11.1. The van der Waals surface area contributed by atoms with Gasteiger partial charge in [-0.2, -0.15) is 5.10 Å². The number of hydrogen-bond donors (Lipinski definition) is 2. The first-order chi connectivity index (χ1) is 13.2. The summed E-state index contributed by atoms with van der Waals surface area (Å²) in [5.74, 6) is 1.69. The molecule has 1 aliphatic heterocycles. The lowest BCUT2D eigenvalue weighted by Gasteiger charge is -2.29. The Balaban J connectivity index is 1.62. The zero-order chi connectivity index (χ0) is 19.1. The van der Waals surface area contributed by atoms with Crippen LogP contribution < -0.4 is 15.4 Å². The number of guanidine groups is 1. The third-order valence-electron chi connectivity index (χ3n) is 4.99. The Hall–Kier alpha value is -2.54. The maximum atomic E-state index is 5.30. The first kappa shape index (κ1) is 19.2. The fourth-order valence-electron chi connectivity index (χ4n) is 3.50. The van der Waals surface area contributed by atoms with Gasteiger partial charge in [0.1, 0.15) is 5.75 Å². The molecule has 2 aromatic rings. The van der Waals surface area contributed by atoms with Gasteiger partial charge in [-0.3, -0.25) is 14.6 Å². The third kappa shape index (κ3) is 5.23. The summed E-state index contributed by atoms with van der Waals surface area (Å²) >= 11 is 0. The van der Waals surface area contributed by atoms with E-state index in [1.807, 2.05) is 31.6 Å². The zero-order valence-electron chi connectivity index (χ0n) is 16.5. The van der Waals surface area contributed by atoms with Gasteiger partial charge in [-0.05, 0) is 43.6 Å². The van der Waals surface area contributed by atoms with Gasteiger partial charge < -0.3 is 15.4 Å². The Morgan fingerprint density at radius 2 is 1.96 bits per heavy atom. The molecule has 1 atom stereocenters. The highest BCUT2D eigenvalue weighted by atomic mass is 16.5. The number of hydrogen-bond acceptors (Lipinski definition) is 4. The molecule has 27 heavy (non-hydrogen) atoms. The first-order valence-corrected chi connectivity index (χ1v) is 9.49. The molecule has 0 bridgehead atoms. The third-order valence-corrected chi connectivity index (χ3v) is 4.99. The number of nitrogens with zero attached hydrogens (tertiary/aromatic N) is 4. The van der Waals surface area contributed by atoms with Crippen LogP contribution in [0.1, 0.15) is 30.0 Å². The normalized spacial score (nSPS) is 16.3. The largest absolute Gasteiger partial charge is 0.497 e. The van der Waals surface area contributed by atoms with Crippen molar-refractivity contribution in [1.29, 1.82) is 0 Å². The van der Waals surface area contributed by atoms with Crippen molar-refractivity contribution in [1.82, 2.24) is 25.3 Å². The van der Waals surface area contributed by atoms with E-state index >= 15 is 0 Å². The average molecular weight is 371 g/mol. The summed E-state index contributed by atoms with van der Waals surface area (Å²) in [7, 11) is 5.43. The SMILES string of the molecule is CN=C(NCc1cnn(C)c1)NCC(c1ccc(OC)cc1)N1CCCC1. The zero-order valence-corrected chi connectivity index (χ0v) is 16.5. The predicted molar refractivity (Wildman–Crippen MR) is 108 cm³/mol. The minimum atomic E-state index is 0.315. The molecule has 0 amide bonds. The molecule has 1 aromatic carbocycles. The molecular weight excluding hydrogens is 340 g/mol. The molecular formula is C20H30N6O. The standard InChI is InChI=1S/C20H30N6O/c1-21-20(22-12-16-13-24-25(2)15-16)23-14-19(26-10-4-5-11-26)17-6-8-18(27-3)9-7-17/h6-9,13,15,19H,4-5,10-12,14H2,1-3H3,(H2,21,22,23). The molecule has 1 aliphatic rings. The number of aromatic nitrogens is 2. The minimum absolute atomic E-state index is 0.315. The quantitative estimate of drug-likeness (QED) is 0.576. The van der Waals surface area contributed by atoms with E-state index in [4.69, 9.17) is 4.74 Å². The number of benzene rings is 1. The molecule has 1 aromatic heterocycles. The summed E-state index contributed by atoms with van der Waals surface area (Å²) in [6.45, 7) is 3.78. The second-order valence-corrected chi connectivity index (χ2v) is 6.86. The Labute approximate surface area is 161 Å². The van der Waals surface area contributed by atoms with Gasteiger partial charge >= 0.3 is 0 Å². The van der Waals surface area contributed by atoms with Crippen LogP contribution >= 0.6 is 0 Å². The first-order valence-electron chi connectivity index (χ1n) is 9.49. The lowest BCUT2D eigenvalue weighted by molar-refractivity contribution is 0.245. The van der Waals surface area contributed by atoms with E-state index < -0.39 is 0 Å². The van der Waals surface area contributed by atoms with Gasteiger partial charge in [-0.1, -0.05) is 12.1 Å². The highest BCUT2D eigenvalue weighted by Gasteiger charge is 2.23. The number of ether oxygens (including phenoxy) is 1. The van der Waals surface area contributed by atoms with Crippen molar-refractivity contribution < 1.29 is 4.74 Å². The molecule has 2 N–H and O–H groups in total. The lowest BCUT2D eigenvalue weighted by atomic mass is 10.1.